The zero-order valence-electron chi connectivity index (χ0n) is 15.9. The number of nitrogens with zero attached hydrogens (tertiary/aromatic N) is 1. The summed E-state index contributed by atoms with van der Waals surface area (Å²) in [5, 5.41) is 3.46. The normalized spacial score (nSPS) is 19.2. The molecule has 3 aromatic rings. The number of carbonyl (C=O) groups excluding carboxylic acids is 1. The Morgan fingerprint density at radius 1 is 1.26 bits per heavy atom. The molecule has 31 heavy (non-hydrogen) atoms. The van der Waals surface area contributed by atoms with Crippen molar-refractivity contribution < 1.29 is 23.0 Å². The molecule has 1 aromatic heterocycles. The molecule has 2 aliphatic rings. The number of amides is 1. The van der Waals surface area contributed by atoms with Crippen LogP contribution >= 0.6 is 22.9 Å². The number of nitrogens with one attached hydrogen (secondary N) is 1. The Balaban J connectivity index is 1.33. The van der Waals surface area contributed by atoms with Crippen molar-refractivity contribution in [3.63, 3.8) is 0 Å². The zero-order valence-corrected chi connectivity index (χ0v) is 17.5. The van der Waals surface area contributed by atoms with Crippen LogP contribution in [0.4, 0.5) is 13.9 Å². The molecule has 3 N–H and O–H groups in total. The number of nitrogens with two attached hydrogens (primary N) is 1. The fourth-order valence-corrected chi connectivity index (χ4v) is 4.72. The number of halogens is 3. The minimum atomic E-state index is -1.83. The van der Waals surface area contributed by atoms with Crippen LogP contribution in [0, 0.1) is 5.82 Å². The second-order valence-electron chi connectivity index (χ2n) is 7.42. The highest BCUT2D eigenvalue weighted by molar-refractivity contribution is 7.15. The summed E-state index contributed by atoms with van der Waals surface area (Å²) >= 11 is 7.32. The van der Waals surface area contributed by atoms with E-state index in [2.05, 4.69) is 10.3 Å². The van der Waals surface area contributed by atoms with Gasteiger partial charge in [-0.25, -0.2) is 9.37 Å². The molecule has 2 aromatic carbocycles. The van der Waals surface area contributed by atoms with Gasteiger partial charge in [0.1, 0.15) is 5.82 Å². The van der Waals surface area contributed by atoms with Crippen molar-refractivity contribution >= 4 is 34.0 Å². The van der Waals surface area contributed by atoms with Gasteiger partial charge in [-0.05, 0) is 48.2 Å². The molecule has 1 fully saturated rings. The average molecular weight is 464 g/mol. The standard InChI is InChI=1S/C21H16ClF2N3O3S/c22-13-8-11(23)2-3-12(13)17(25)16-9-26-20(31-16)27-18(28)21(5-6-21)10-1-4-14-15(7-10)30-19(24)29-14/h1-4,7-9,17,19H,5-6,25H2,(H,26,27,28). The number of anilines is 1. The maximum Gasteiger partial charge on any atom is 0.397 e. The maximum atomic E-state index is 13.3. The first kappa shape index (κ1) is 20.2. The minimum absolute atomic E-state index is 0.211. The molecule has 1 aliphatic carbocycles. The summed E-state index contributed by atoms with van der Waals surface area (Å²) in [6.45, 7) is -1.83. The van der Waals surface area contributed by atoms with Crippen LogP contribution in [-0.2, 0) is 10.2 Å². The summed E-state index contributed by atoms with van der Waals surface area (Å²) in [6.07, 6.45) is 2.87. The Morgan fingerprint density at radius 3 is 2.77 bits per heavy atom. The third-order valence-electron chi connectivity index (χ3n) is 5.47. The Hall–Kier alpha value is -2.75. The van der Waals surface area contributed by atoms with Gasteiger partial charge in [0.15, 0.2) is 16.6 Å². The van der Waals surface area contributed by atoms with Crippen LogP contribution in [0.15, 0.2) is 42.6 Å². The largest absolute Gasteiger partial charge is 0.425 e. The molecule has 0 spiro atoms. The van der Waals surface area contributed by atoms with E-state index in [1.165, 1.54) is 29.5 Å². The molecule has 2 heterocycles. The number of aromatic nitrogens is 1. The van der Waals surface area contributed by atoms with Gasteiger partial charge in [0.25, 0.3) is 0 Å². The SMILES string of the molecule is NC(c1cnc(NC(=O)C2(c3ccc4c(c3)OC(F)O4)CC2)s1)c1ccc(F)cc1Cl. The molecular weight excluding hydrogens is 448 g/mol. The van der Waals surface area contributed by atoms with E-state index in [0.717, 1.165) is 5.56 Å². The zero-order chi connectivity index (χ0) is 21.8. The Bertz CT molecular complexity index is 1180. The smallest absolute Gasteiger partial charge is 0.397 e. The van der Waals surface area contributed by atoms with E-state index >= 15 is 0 Å². The third-order valence-corrected chi connectivity index (χ3v) is 6.79. The molecular formula is C21H16ClF2N3O3S. The number of benzene rings is 2. The highest BCUT2D eigenvalue weighted by Crippen LogP contribution is 2.51. The van der Waals surface area contributed by atoms with Gasteiger partial charge in [-0.3, -0.25) is 4.79 Å². The summed E-state index contributed by atoms with van der Waals surface area (Å²) in [7, 11) is 0. The molecule has 2 atom stereocenters. The van der Waals surface area contributed by atoms with Crippen molar-refractivity contribution in [1.29, 1.82) is 0 Å². The van der Waals surface area contributed by atoms with Crippen LogP contribution in [0.3, 0.4) is 0 Å². The van der Waals surface area contributed by atoms with E-state index in [1.807, 2.05) is 0 Å². The van der Waals surface area contributed by atoms with Gasteiger partial charge in [0.05, 0.1) is 11.5 Å². The molecule has 10 heteroatoms. The number of hydrogen-bond acceptors (Lipinski definition) is 6. The summed E-state index contributed by atoms with van der Waals surface area (Å²) in [4.78, 5) is 17.9. The second-order valence-corrected chi connectivity index (χ2v) is 8.89. The molecule has 1 saturated carbocycles. The number of alkyl halides is 1. The maximum absolute atomic E-state index is 13.3. The van der Waals surface area contributed by atoms with E-state index in [9.17, 15) is 13.6 Å². The molecule has 0 bridgehead atoms. The van der Waals surface area contributed by atoms with E-state index in [4.69, 9.17) is 26.8 Å². The molecule has 2 unspecified atom stereocenters. The summed E-state index contributed by atoms with van der Waals surface area (Å²) in [5.41, 5.74) is 6.83. The first-order chi connectivity index (χ1) is 14.9. The van der Waals surface area contributed by atoms with Gasteiger partial charge >= 0.3 is 6.54 Å². The molecule has 0 radical (unpaired) electrons. The van der Waals surface area contributed by atoms with E-state index in [1.54, 1.807) is 24.4 Å². The topological polar surface area (TPSA) is 86.5 Å². The van der Waals surface area contributed by atoms with Gasteiger partial charge < -0.3 is 20.5 Å². The first-order valence-corrected chi connectivity index (χ1v) is 10.6. The van der Waals surface area contributed by atoms with Crippen LogP contribution in [-0.4, -0.2) is 17.4 Å². The number of thiazole rings is 1. The number of fused-ring (bicyclic) bond motifs is 1. The minimum Gasteiger partial charge on any atom is -0.425 e. The van der Waals surface area contributed by atoms with Crippen LogP contribution in [0.1, 0.15) is 34.9 Å². The third kappa shape index (κ3) is 3.62. The second kappa shape index (κ2) is 7.44. The molecule has 1 aliphatic heterocycles. The van der Waals surface area contributed by atoms with Crippen molar-refractivity contribution in [1.82, 2.24) is 4.98 Å². The van der Waals surface area contributed by atoms with E-state index < -0.39 is 23.8 Å². The fraction of sp³-hybridized carbons (Fsp3) is 0.238. The predicted molar refractivity (Wildman–Crippen MR) is 112 cm³/mol. The quantitative estimate of drug-likeness (QED) is 0.574. The predicted octanol–water partition coefficient (Wildman–Crippen LogP) is 4.68. The lowest BCUT2D eigenvalue weighted by Crippen LogP contribution is -2.27. The fourth-order valence-electron chi connectivity index (χ4n) is 3.60. The van der Waals surface area contributed by atoms with Gasteiger partial charge in [0, 0.05) is 16.1 Å². The summed E-state index contributed by atoms with van der Waals surface area (Å²) in [6, 6.07) is 8.40. The highest BCUT2D eigenvalue weighted by Gasteiger charge is 2.52. The lowest BCUT2D eigenvalue weighted by atomic mass is 9.94. The number of hydrogen-bond donors (Lipinski definition) is 2. The summed E-state index contributed by atoms with van der Waals surface area (Å²) < 4.78 is 36.4. The van der Waals surface area contributed by atoms with Gasteiger partial charge in [-0.15, -0.1) is 0 Å². The average Bonchev–Trinajstić information content (AvgIpc) is 3.27. The lowest BCUT2D eigenvalue weighted by molar-refractivity contribution is -0.118. The van der Waals surface area contributed by atoms with Crippen molar-refractivity contribution in [2.45, 2.75) is 30.8 Å². The summed E-state index contributed by atoms with van der Waals surface area (Å²) in [5.74, 6) is -0.0656. The Morgan fingerprint density at radius 2 is 2.03 bits per heavy atom. The van der Waals surface area contributed by atoms with Crippen molar-refractivity contribution in [3.05, 3.63) is 69.4 Å². The Labute approximate surface area is 184 Å². The van der Waals surface area contributed by atoms with Crippen LogP contribution in [0.5, 0.6) is 11.5 Å². The molecule has 1 amide bonds. The van der Waals surface area contributed by atoms with E-state index in [-0.39, 0.29) is 16.7 Å². The molecule has 160 valence electrons. The number of carbonyl (C=O) groups is 1. The van der Waals surface area contributed by atoms with Crippen molar-refractivity contribution in [3.8, 4) is 11.5 Å². The van der Waals surface area contributed by atoms with Gasteiger partial charge in [-0.2, -0.15) is 4.39 Å². The van der Waals surface area contributed by atoms with Gasteiger partial charge in [0.2, 0.25) is 5.91 Å². The first-order valence-electron chi connectivity index (χ1n) is 9.45. The molecule has 6 nitrogen and oxygen atoms in total. The van der Waals surface area contributed by atoms with Crippen molar-refractivity contribution in [2.24, 2.45) is 5.73 Å². The van der Waals surface area contributed by atoms with E-state index in [0.29, 0.717) is 34.2 Å². The number of rotatable bonds is 5. The highest BCUT2D eigenvalue weighted by atomic mass is 35.5. The van der Waals surface area contributed by atoms with Crippen LogP contribution < -0.4 is 20.5 Å². The van der Waals surface area contributed by atoms with Crippen LogP contribution in [0.25, 0.3) is 0 Å². The lowest BCUT2D eigenvalue weighted by Gasteiger charge is -2.15. The molecule has 0 saturated heterocycles. The molecule has 5 rings (SSSR count). The monoisotopic (exact) mass is 463 g/mol. The Kier molecular flexibility index (Phi) is 4.84. The van der Waals surface area contributed by atoms with Crippen molar-refractivity contribution in [2.75, 3.05) is 5.32 Å². The van der Waals surface area contributed by atoms with Gasteiger partial charge in [-0.1, -0.05) is 35.1 Å². The number of ether oxygens (including phenoxy) is 2. The van der Waals surface area contributed by atoms with Crippen LogP contribution in [0.2, 0.25) is 5.02 Å².